The average molecular weight is 521 g/mol. The Kier molecular flexibility index (Phi) is 7.32. The number of ether oxygens (including phenoxy) is 1. The van der Waals surface area contributed by atoms with Crippen molar-refractivity contribution in [2.24, 2.45) is 40.4 Å². The molecule has 0 aromatic carbocycles. The van der Waals surface area contributed by atoms with Gasteiger partial charge in [0, 0.05) is 25.2 Å². The van der Waals surface area contributed by atoms with Gasteiger partial charge in [-0.15, -0.1) is 0 Å². The van der Waals surface area contributed by atoms with E-state index in [-0.39, 0.29) is 59.6 Å². The van der Waals surface area contributed by atoms with Crippen LogP contribution in [0.25, 0.3) is 0 Å². The highest BCUT2D eigenvalue weighted by Gasteiger charge is 2.64. The molecule has 11 atom stereocenters. The number of fused-ring (bicyclic) bond motifs is 5. The Labute approximate surface area is 221 Å². The Balaban J connectivity index is 1.61. The van der Waals surface area contributed by atoms with Crippen LogP contribution in [-0.2, 0) is 14.3 Å². The number of esters is 1. The summed E-state index contributed by atoms with van der Waals surface area (Å²) in [5, 5.41) is 43.9. The van der Waals surface area contributed by atoms with Crippen LogP contribution in [-0.4, -0.2) is 61.7 Å². The monoisotopic (exact) mass is 520 g/mol. The predicted molar refractivity (Wildman–Crippen MR) is 139 cm³/mol. The smallest absolute Gasteiger partial charge is 0.302 e. The molecule has 0 unspecified atom stereocenters. The van der Waals surface area contributed by atoms with Crippen LogP contribution in [0.1, 0.15) is 93.4 Å². The van der Waals surface area contributed by atoms with Crippen LogP contribution >= 0.6 is 0 Å². The molecule has 0 saturated heterocycles. The fraction of sp³-hybridized carbons (Fsp3) is 0.867. The summed E-state index contributed by atoms with van der Waals surface area (Å²) >= 11 is 0. The van der Waals surface area contributed by atoms with Crippen molar-refractivity contribution >= 4 is 11.8 Å². The van der Waals surface area contributed by atoms with Crippen molar-refractivity contribution in [3.05, 3.63) is 11.6 Å². The van der Waals surface area contributed by atoms with Gasteiger partial charge in [0.2, 0.25) is 0 Å². The standard InChI is InChI=1S/C30H48O7/c1-16(24(34)15-29(6,36)27(3,4)35)20-8-9-21-26-22(10-11-28(20,21)5)30(7)18(13-23(26)33)12-19(32)14-25(30)37-17(2)31/h12,16,20-26,33-36H,8-11,13-15H2,1-7H3/t16-,20-,21-,22-,23+,24+,25-,26+,28-,29+,30+/m0/s1. The molecule has 0 bridgehead atoms. The second-order valence-corrected chi connectivity index (χ2v) is 14.0. The number of aliphatic hydroxyl groups excluding tert-OH is 2. The Bertz CT molecular complexity index is 948. The molecule has 0 aromatic rings. The zero-order valence-corrected chi connectivity index (χ0v) is 23.7. The molecule has 0 aliphatic heterocycles. The Morgan fingerprint density at radius 1 is 1.14 bits per heavy atom. The zero-order valence-electron chi connectivity index (χ0n) is 23.7. The molecule has 0 spiro atoms. The minimum Gasteiger partial charge on any atom is -0.461 e. The third kappa shape index (κ3) is 4.62. The molecule has 0 amide bonds. The molecule has 0 aromatic heterocycles. The highest BCUT2D eigenvalue weighted by molar-refractivity contribution is 5.92. The van der Waals surface area contributed by atoms with Gasteiger partial charge in [0.15, 0.2) is 5.78 Å². The average Bonchev–Trinajstić information content (AvgIpc) is 3.10. The van der Waals surface area contributed by atoms with E-state index in [9.17, 15) is 30.0 Å². The summed E-state index contributed by atoms with van der Waals surface area (Å²) in [4.78, 5) is 24.5. The maximum atomic E-state index is 12.5. The van der Waals surface area contributed by atoms with E-state index >= 15 is 0 Å². The lowest BCUT2D eigenvalue weighted by molar-refractivity contribution is -0.173. The number of aliphatic hydroxyl groups is 4. The molecule has 7 heteroatoms. The zero-order chi connectivity index (χ0) is 27.7. The molecule has 3 saturated carbocycles. The Hall–Kier alpha value is -1.28. The fourth-order valence-corrected chi connectivity index (χ4v) is 8.94. The quantitative estimate of drug-likeness (QED) is 0.395. The van der Waals surface area contributed by atoms with E-state index in [1.165, 1.54) is 6.92 Å². The first-order valence-electron chi connectivity index (χ1n) is 14.2. The Morgan fingerprint density at radius 3 is 2.38 bits per heavy atom. The summed E-state index contributed by atoms with van der Waals surface area (Å²) in [5.74, 6) is 0.108. The molecular weight excluding hydrogens is 472 g/mol. The van der Waals surface area contributed by atoms with Gasteiger partial charge in [0.1, 0.15) is 6.10 Å². The van der Waals surface area contributed by atoms with E-state index < -0.39 is 34.9 Å². The summed E-state index contributed by atoms with van der Waals surface area (Å²) in [6, 6.07) is 0. The van der Waals surface area contributed by atoms with Crippen molar-refractivity contribution in [2.75, 3.05) is 0 Å². The first-order valence-corrected chi connectivity index (χ1v) is 14.2. The first-order chi connectivity index (χ1) is 16.9. The molecule has 210 valence electrons. The van der Waals surface area contributed by atoms with Crippen LogP contribution in [0, 0.1) is 40.4 Å². The van der Waals surface area contributed by atoms with Crippen molar-refractivity contribution < 1.29 is 34.8 Å². The maximum absolute atomic E-state index is 12.5. The second kappa shape index (κ2) is 9.42. The third-order valence-corrected chi connectivity index (χ3v) is 11.6. The van der Waals surface area contributed by atoms with Crippen LogP contribution in [0.3, 0.4) is 0 Å². The Morgan fingerprint density at radius 2 is 1.78 bits per heavy atom. The van der Waals surface area contributed by atoms with Gasteiger partial charge in [-0.3, -0.25) is 9.59 Å². The minimum atomic E-state index is -1.42. The molecule has 4 aliphatic carbocycles. The lowest BCUT2D eigenvalue weighted by Crippen LogP contribution is -2.60. The van der Waals surface area contributed by atoms with Gasteiger partial charge in [0.05, 0.1) is 23.4 Å². The number of ketones is 1. The third-order valence-electron chi connectivity index (χ3n) is 11.6. The van der Waals surface area contributed by atoms with Crippen LogP contribution in [0.2, 0.25) is 0 Å². The minimum absolute atomic E-state index is 0.0287. The molecule has 0 radical (unpaired) electrons. The van der Waals surface area contributed by atoms with E-state index in [4.69, 9.17) is 4.74 Å². The van der Waals surface area contributed by atoms with Gasteiger partial charge in [-0.1, -0.05) is 26.3 Å². The van der Waals surface area contributed by atoms with Gasteiger partial charge in [-0.05, 0) is 94.0 Å². The summed E-state index contributed by atoms with van der Waals surface area (Å²) in [5.41, 5.74) is -2.39. The molecule has 4 rings (SSSR count). The topological polar surface area (TPSA) is 124 Å². The summed E-state index contributed by atoms with van der Waals surface area (Å²) in [6.45, 7) is 12.6. The van der Waals surface area contributed by atoms with Gasteiger partial charge in [0.25, 0.3) is 0 Å². The van der Waals surface area contributed by atoms with Crippen molar-refractivity contribution in [2.45, 2.75) is 123 Å². The second-order valence-electron chi connectivity index (χ2n) is 14.0. The number of carbonyl (C=O) groups excluding carboxylic acids is 2. The molecule has 4 N–H and O–H groups in total. The van der Waals surface area contributed by atoms with Crippen molar-refractivity contribution in [3.63, 3.8) is 0 Å². The largest absolute Gasteiger partial charge is 0.461 e. The molecule has 4 aliphatic rings. The van der Waals surface area contributed by atoms with Crippen LogP contribution in [0.15, 0.2) is 11.6 Å². The normalized spacial score (nSPS) is 43.0. The summed E-state index contributed by atoms with van der Waals surface area (Å²) in [6.07, 6.45) is 4.23. The van der Waals surface area contributed by atoms with E-state index in [2.05, 4.69) is 20.8 Å². The van der Waals surface area contributed by atoms with Crippen molar-refractivity contribution in [3.8, 4) is 0 Å². The van der Waals surface area contributed by atoms with Crippen LogP contribution < -0.4 is 0 Å². The summed E-state index contributed by atoms with van der Waals surface area (Å²) in [7, 11) is 0. The van der Waals surface area contributed by atoms with Crippen LogP contribution in [0.5, 0.6) is 0 Å². The molecule has 3 fully saturated rings. The maximum Gasteiger partial charge on any atom is 0.302 e. The predicted octanol–water partition coefficient (Wildman–Crippen LogP) is 3.56. The van der Waals surface area contributed by atoms with Gasteiger partial charge < -0.3 is 25.2 Å². The first kappa shape index (κ1) is 28.7. The molecule has 7 nitrogen and oxygen atoms in total. The van der Waals surface area contributed by atoms with E-state index in [1.54, 1.807) is 26.8 Å². The molecule has 37 heavy (non-hydrogen) atoms. The number of hydrogen-bond donors (Lipinski definition) is 4. The van der Waals surface area contributed by atoms with Crippen molar-refractivity contribution in [1.82, 2.24) is 0 Å². The van der Waals surface area contributed by atoms with Crippen LogP contribution in [0.4, 0.5) is 0 Å². The van der Waals surface area contributed by atoms with Gasteiger partial charge >= 0.3 is 5.97 Å². The van der Waals surface area contributed by atoms with E-state index in [0.717, 1.165) is 31.3 Å². The van der Waals surface area contributed by atoms with Gasteiger partial charge in [-0.2, -0.15) is 0 Å². The van der Waals surface area contributed by atoms with E-state index in [1.807, 2.05) is 0 Å². The van der Waals surface area contributed by atoms with E-state index in [0.29, 0.717) is 6.42 Å². The number of carbonyl (C=O) groups is 2. The summed E-state index contributed by atoms with van der Waals surface area (Å²) < 4.78 is 5.76. The SMILES string of the molecule is CC(=O)O[C@H]1CC(=O)C=C2C[C@@H](O)[C@@H]3[C@@H]4CC[C@@H]([C@H](C)[C@H](O)C[C@@](C)(O)C(C)(C)O)[C@]4(C)CC[C@@H]3[C@@]21C. The number of hydrogen-bond acceptors (Lipinski definition) is 7. The fourth-order valence-electron chi connectivity index (χ4n) is 8.94. The number of rotatable bonds is 6. The van der Waals surface area contributed by atoms with Gasteiger partial charge in [-0.25, -0.2) is 0 Å². The lowest BCUT2D eigenvalue weighted by Gasteiger charge is -2.61. The highest BCUT2D eigenvalue weighted by atomic mass is 16.5. The molecule has 0 heterocycles. The lowest BCUT2D eigenvalue weighted by atomic mass is 9.45. The van der Waals surface area contributed by atoms with Crippen molar-refractivity contribution in [1.29, 1.82) is 0 Å². The highest BCUT2D eigenvalue weighted by Crippen LogP contribution is 2.68. The molecular formula is C30H48O7.